The summed E-state index contributed by atoms with van der Waals surface area (Å²) in [6.45, 7) is 10.1. The summed E-state index contributed by atoms with van der Waals surface area (Å²) in [7, 11) is -2.38. The molecule has 1 saturated heterocycles. The van der Waals surface area contributed by atoms with Crippen molar-refractivity contribution in [3.63, 3.8) is 0 Å². The number of benzene rings is 1. The Labute approximate surface area is 162 Å². The second-order valence-electron chi connectivity index (χ2n) is 8.23. The van der Waals surface area contributed by atoms with Gasteiger partial charge in [0.1, 0.15) is 17.2 Å². The van der Waals surface area contributed by atoms with Gasteiger partial charge in [0.15, 0.2) is 14.6 Å². The van der Waals surface area contributed by atoms with Gasteiger partial charge in [-0.25, -0.2) is 8.78 Å². The average molecular weight is 403 g/mol. The third-order valence-corrected chi connectivity index (χ3v) is 7.31. The van der Waals surface area contributed by atoms with Crippen LogP contribution >= 0.6 is 0 Å². The van der Waals surface area contributed by atoms with Crippen LogP contribution in [0, 0.1) is 11.6 Å². The second-order valence-corrected chi connectivity index (χ2v) is 12.3. The van der Waals surface area contributed by atoms with Crippen LogP contribution in [0.15, 0.2) is 18.2 Å². The van der Waals surface area contributed by atoms with Gasteiger partial charge in [-0.1, -0.05) is 6.07 Å². The fourth-order valence-corrected chi connectivity index (χ4v) is 6.92. The van der Waals surface area contributed by atoms with E-state index < -0.39 is 37.9 Å². The van der Waals surface area contributed by atoms with Gasteiger partial charge in [-0.05, 0) is 59.2 Å². The number of hydrogen-bond acceptors (Lipinski definition) is 4. The number of ether oxygens (including phenoxy) is 2. The molecule has 1 heterocycles. The molecule has 4 nitrogen and oxygen atoms in total. The van der Waals surface area contributed by atoms with Crippen molar-refractivity contribution in [1.29, 1.82) is 0 Å². The summed E-state index contributed by atoms with van der Waals surface area (Å²) >= 11 is 0. The summed E-state index contributed by atoms with van der Waals surface area (Å²) in [6.07, 6.45) is 1.51. The van der Waals surface area contributed by atoms with Gasteiger partial charge in [-0.15, -0.1) is 0 Å². The van der Waals surface area contributed by atoms with E-state index in [1.165, 1.54) is 6.07 Å². The predicted molar refractivity (Wildman–Crippen MR) is 103 cm³/mol. The maximum absolute atomic E-state index is 14.6. The highest BCUT2D eigenvalue weighted by Gasteiger charge is 2.46. The van der Waals surface area contributed by atoms with Crippen LogP contribution in [0.2, 0.25) is 19.1 Å². The van der Waals surface area contributed by atoms with Crippen molar-refractivity contribution in [1.82, 2.24) is 0 Å². The lowest BCUT2D eigenvalue weighted by Crippen LogP contribution is -2.50. The lowest BCUT2D eigenvalue weighted by molar-refractivity contribution is -0.223. The SMILES string of the molecule is CC(C)O[Si](C)(C)C[C@@](O)(c1ccc(F)cc1F)[C@@H](C)OC1CCCCO1. The Morgan fingerprint density at radius 3 is 2.52 bits per heavy atom. The van der Waals surface area contributed by atoms with Gasteiger partial charge in [-0.2, -0.15) is 0 Å². The molecule has 0 aliphatic carbocycles. The van der Waals surface area contributed by atoms with E-state index in [2.05, 4.69) is 0 Å². The zero-order valence-electron chi connectivity index (χ0n) is 16.9. The normalized spacial score (nSPS) is 21.9. The first-order valence-corrected chi connectivity index (χ1v) is 12.8. The minimum Gasteiger partial charge on any atom is -0.415 e. The van der Waals surface area contributed by atoms with Crippen molar-refractivity contribution in [3.05, 3.63) is 35.4 Å². The van der Waals surface area contributed by atoms with Gasteiger partial charge in [-0.3, -0.25) is 0 Å². The Morgan fingerprint density at radius 1 is 1.26 bits per heavy atom. The van der Waals surface area contributed by atoms with Crippen molar-refractivity contribution >= 4 is 8.32 Å². The van der Waals surface area contributed by atoms with E-state index in [0.717, 1.165) is 31.4 Å². The van der Waals surface area contributed by atoms with Crippen LogP contribution in [-0.4, -0.2) is 38.5 Å². The van der Waals surface area contributed by atoms with E-state index in [9.17, 15) is 13.9 Å². The first kappa shape index (κ1) is 22.4. The van der Waals surface area contributed by atoms with Gasteiger partial charge >= 0.3 is 0 Å². The van der Waals surface area contributed by atoms with Crippen LogP contribution in [-0.2, 0) is 19.5 Å². The summed E-state index contributed by atoms with van der Waals surface area (Å²) in [6, 6.07) is 3.47. The lowest BCUT2D eigenvalue weighted by atomic mass is 9.90. The monoisotopic (exact) mass is 402 g/mol. The smallest absolute Gasteiger partial charge is 0.190 e. The van der Waals surface area contributed by atoms with Gasteiger partial charge in [0.05, 0.1) is 6.10 Å². The fourth-order valence-electron chi connectivity index (χ4n) is 3.79. The topological polar surface area (TPSA) is 47.9 Å². The lowest BCUT2D eigenvalue weighted by Gasteiger charge is -2.41. The Hall–Kier alpha value is -0.863. The van der Waals surface area contributed by atoms with Crippen molar-refractivity contribution in [3.8, 4) is 0 Å². The summed E-state index contributed by atoms with van der Waals surface area (Å²) in [5, 5.41) is 11.6. The molecular formula is C20H32F2O4Si. The Bertz CT molecular complexity index is 620. The van der Waals surface area contributed by atoms with E-state index in [-0.39, 0.29) is 17.7 Å². The number of rotatable bonds is 8. The van der Waals surface area contributed by atoms with Crippen molar-refractivity contribution in [2.24, 2.45) is 0 Å². The van der Waals surface area contributed by atoms with Crippen LogP contribution in [0.4, 0.5) is 8.78 Å². The first-order chi connectivity index (χ1) is 12.5. The molecule has 7 heteroatoms. The highest BCUT2D eigenvalue weighted by atomic mass is 28.4. The summed E-state index contributed by atoms with van der Waals surface area (Å²) < 4.78 is 45.7. The molecule has 1 aromatic rings. The third kappa shape index (κ3) is 6.06. The molecule has 1 aromatic carbocycles. The van der Waals surface area contributed by atoms with Gasteiger partial charge in [0.2, 0.25) is 0 Å². The zero-order valence-corrected chi connectivity index (χ0v) is 17.9. The van der Waals surface area contributed by atoms with Crippen LogP contribution in [0.3, 0.4) is 0 Å². The molecule has 0 bridgehead atoms. The molecular weight excluding hydrogens is 370 g/mol. The van der Waals surface area contributed by atoms with E-state index in [1.54, 1.807) is 6.92 Å². The first-order valence-electron chi connectivity index (χ1n) is 9.66. The van der Waals surface area contributed by atoms with Gasteiger partial charge in [0, 0.05) is 30.4 Å². The maximum Gasteiger partial charge on any atom is 0.190 e. The van der Waals surface area contributed by atoms with E-state index in [1.807, 2.05) is 26.9 Å². The van der Waals surface area contributed by atoms with Crippen LogP contribution < -0.4 is 0 Å². The quantitative estimate of drug-likeness (QED) is 0.640. The molecule has 0 aromatic heterocycles. The molecule has 1 aliphatic rings. The minimum absolute atomic E-state index is 0.00752. The van der Waals surface area contributed by atoms with Gasteiger partial charge < -0.3 is 19.0 Å². The van der Waals surface area contributed by atoms with Crippen LogP contribution in [0.25, 0.3) is 0 Å². The van der Waals surface area contributed by atoms with E-state index in [0.29, 0.717) is 6.61 Å². The molecule has 1 fully saturated rings. The maximum atomic E-state index is 14.6. The van der Waals surface area contributed by atoms with Gasteiger partial charge in [0.25, 0.3) is 0 Å². The van der Waals surface area contributed by atoms with Crippen LogP contribution in [0.1, 0.15) is 45.6 Å². The molecule has 2 rings (SSSR count). The molecule has 1 N–H and O–H groups in total. The van der Waals surface area contributed by atoms with Crippen molar-refractivity contribution in [2.75, 3.05) is 6.61 Å². The Balaban J connectivity index is 2.34. The molecule has 1 aliphatic heterocycles. The highest BCUT2D eigenvalue weighted by Crippen LogP contribution is 2.39. The minimum atomic E-state index is -2.38. The predicted octanol–water partition coefficient (Wildman–Crippen LogP) is 4.71. The molecule has 27 heavy (non-hydrogen) atoms. The number of halogens is 2. The molecule has 0 spiro atoms. The molecule has 3 atom stereocenters. The molecule has 0 radical (unpaired) electrons. The average Bonchev–Trinajstić information content (AvgIpc) is 2.53. The second kappa shape index (κ2) is 9.09. The summed E-state index contributed by atoms with van der Waals surface area (Å²) in [4.78, 5) is 0. The largest absolute Gasteiger partial charge is 0.415 e. The Morgan fingerprint density at radius 2 is 1.96 bits per heavy atom. The fraction of sp³-hybridized carbons (Fsp3) is 0.700. The number of hydrogen-bond donors (Lipinski definition) is 1. The van der Waals surface area contributed by atoms with Crippen LogP contribution in [0.5, 0.6) is 0 Å². The number of aliphatic hydroxyl groups is 1. The van der Waals surface area contributed by atoms with E-state index in [4.69, 9.17) is 13.9 Å². The van der Waals surface area contributed by atoms with E-state index >= 15 is 0 Å². The standard InChI is InChI=1S/C20H32F2O4Si/c1-14(2)26-27(4,5)13-20(23,17-10-9-16(21)12-18(17)22)15(3)25-19-8-6-7-11-24-19/h9-10,12,14-15,19,23H,6-8,11,13H2,1-5H3/t15-,19?,20+/m1/s1. The zero-order chi connectivity index (χ0) is 20.2. The Kier molecular flexibility index (Phi) is 7.55. The molecule has 0 saturated carbocycles. The van der Waals surface area contributed by atoms with Crippen molar-refractivity contribution < 1.29 is 27.8 Å². The summed E-state index contributed by atoms with van der Waals surface area (Å²) in [5.41, 5.74) is -1.62. The van der Waals surface area contributed by atoms with Crippen molar-refractivity contribution in [2.45, 2.75) is 83.3 Å². The third-order valence-electron chi connectivity index (χ3n) is 4.81. The highest BCUT2D eigenvalue weighted by molar-refractivity contribution is 6.71. The molecule has 0 amide bonds. The molecule has 1 unspecified atom stereocenters. The summed E-state index contributed by atoms with van der Waals surface area (Å²) in [5.74, 6) is -1.47. The molecule has 154 valence electrons.